The molecule has 7 heteroatoms. The van der Waals surface area contributed by atoms with Crippen LogP contribution in [0.4, 0.5) is 0 Å². The van der Waals surface area contributed by atoms with Crippen LogP contribution in [-0.4, -0.2) is 68.3 Å². The zero-order chi connectivity index (χ0) is 22.1. The summed E-state index contributed by atoms with van der Waals surface area (Å²) in [6, 6.07) is 18.4. The van der Waals surface area contributed by atoms with Crippen LogP contribution >= 0.6 is 11.8 Å². The van der Waals surface area contributed by atoms with Crippen LogP contribution in [0.2, 0.25) is 0 Å². The van der Waals surface area contributed by atoms with Crippen LogP contribution in [0.15, 0.2) is 64.5 Å². The highest BCUT2D eigenvalue weighted by Gasteiger charge is 2.24. The second kappa shape index (κ2) is 11.6. The van der Waals surface area contributed by atoms with Crippen molar-refractivity contribution in [2.75, 3.05) is 46.6 Å². The number of carbonyl (C=O) groups excluding carboxylic acids is 1. The van der Waals surface area contributed by atoms with E-state index in [1.807, 2.05) is 43.1 Å². The molecule has 2 aromatic rings. The van der Waals surface area contributed by atoms with Gasteiger partial charge in [0.15, 0.2) is 12.6 Å². The molecule has 166 valence electrons. The smallest absolute Gasteiger partial charge is 0.259 e. The van der Waals surface area contributed by atoms with Gasteiger partial charge < -0.3 is 19.9 Å². The molecule has 3 rings (SSSR count). The van der Waals surface area contributed by atoms with Gasteiger partial charge in [0.1, 0.15) is 5.75 Å². The minimum Gasteiger partial charge on any atom is -0.484 e. The van der Waals surface area contributed by atoms with Gasteiger partial charge >= 0.3 is 0 Å². The van der Waals surface area contributed by atoms with Crippen molar-refractivity contribution in [3.05, 3.63) is 60.2 Å². The van der Waals surface area contributed by atoms with E-state index >= 15 is 0 Å². The summed E-state index contributed by atoms with van der Waals surface area (Å²) < 4.78 is 5.62. The number of hydrogen-bond acceptors (Lipinski definition) is 4. The van der Waals surface area contributed by atoms with Crippen molar-refractivity contribution < 1.29 is 9.53 Å². The van der Waals surface area contributed by atoms with Crippen molar-refractivity contribution >= 4 is 23.6 Å². The summed E-state index contributed by atoms with van der Waals surface area (Å²) >= 11 is 1.93. The highest BCUT2D eigenvalue weighted by molar-refractivity contribution is 7.99. The summed E-state index contributed by atoms with van der Waals surface area (Å²) in [6.45, 7) is 2.75. The summed E-state index contributed by atoms with van der Waals surface area (Å²) in [7, 11) is 5.28. The molecule has 0 bridgehead atoms. The molecular weight excluding hydrogens is 408 g/mol. The molecule has 1 atom stereocenters. The Morgan fingerprint density at radius 3 is 2.77 bits per heavy atom. The van der Waals surface area contributed by atoms with Gasteiger partial charge in [-0.1, -0.05) is 30.3 Å². The lowest BCUT2D eigenvalue weighted by atomic mass is 10.2. The molecule has 0 aliphatic carbocycles. The van der Waals surface area contributed by atoms with Crippen molar-refractivity contribution in [2.24, 2.45) is 10.9 Å². The maximum atomic E-state index is 11.7. The quantitative estimate of drug-likeness (QED) is 0.388. The summed E-state index contributed by atoms with van der Waals surface area (Å²) in [5.41, 5.74) is 1.09. The van der Waals surface area contributed by atoms with E-state index in [2.05, 4.69) is 45.5 Å². The fourth-order valence-corrected chi connectivity index (χ4v) is 4.47. The van der Waals surface area contributed by atoms with Crippen LogP contribution < -0.4 is 10.1 Å². The number of nitrogens with zero attached hydrogens (tertiary/aromatic N) is 3. The van der Waals surface area contributed by atoms with Gasteiger partial charge in [0.2, 0.25) is 0 Å². The fourth-order valence-electron chi connectivity index (χ4n) is 3.42. The van der Waals surface area contributed by atoms with Gasteiger partial charge in [-0.2, -0.15) is 0 Å². The topological polar surface area (TPSA) is 57.2 Å². The van der Waals surface area contributed by atoms with E-state index in [-0.39, 0.29) is 12.5 Å². The van der Waals surface area contributed by atoms with Crippen LogP contribution in [0, 0.1) is 5.92 Å². The SMILES string of the molecule is CN=C(NCc1cccc(OCC(=O)N(C)C)c1)N1CCC(CSc2ccccc2)C1. The van der Waals surface area contributed by atoms with Gasteiger partial charge in [-0.15, -0.1) is 11.8 Å². The molecule has 1 saturated heterocycles. The van der Waals surface area contributed by atoms with Crippen molar-refractivity contribution in [1.82, 2.24) is 15.1 Å². The van der Waals surface area contributed by atoms with Crippen LogP contribution in [0.25, 0.3) is 0 Å². The molecule has 6 nitrogen and oxygen atoms in total. The van der Waals surface area contributed by atoms with Crippen LogP contribution in [0.1, 0.15) is 12.0 Å². The largest absolute Gasteiger partial charge is 0.484 e. The molecule has 1 fully saturated rings. The highest BCUT2D eigenvalue weighted by atomic mass is 32.2. The molecule has 1 aliphatic rings. The number of thioether (sulfide) groups is 1. The van der Waals surface area contributed by atoms with Crippen molar-refractivity contribution in [3.8, 4) is 5.75 Å². The third-order valence-electron chi connectivity index (χ3n) is 5.24. The van der Waals surface area contributed by atoms with Crippen molar-refractivity contribution in [2.45, 2.75) is 17.9 Å². The summed E-state index contributed by atoms with van der Waals surface area (Å²) in [6.07, 6.45) is 1.18. The van der Waals surface area contributed by atoms with E-state index in [4.69, 9.17) is 4.74 Å². The van der Waals surface area contributed by atoms with Gasteiger partial charge in [-0.25, -0.2) is 0 Å². The number of guanidine groups is 1. The number of ether oxygens (including phenoxy) is 1. The van der Waals surface area contributed by atoms with E-state index in [9.17, 15) is 4.79 Å². The Kier molecular flexibility index (Phi) is 8.64. The molecule has 1 N–H and O–H groups in total. The molecule has 1 unspecified atom stereocenters. The Morgan fingerprint density at radius 1 is 1.23 bits per heavy atom. The Morgan fingerprint density at radius 2 is 2.03 bits per heavy atom. The first-order chi connectivity index (χ1) is 15.0. The highest BCUT2D eigenvalue weighted by Crippen LogP contribution is 2.26. The Balaban J connectivity index is 1.46. The van der Waals surface area contributed by atoms with Gasteiger partial charge in [-0.05, 0) is 42.2 Å². The van der Waals surface area contributed by atoms with Gasteiger partial charge in [0, 0.05) is 51.4 Å². The molecule has 31 heavy (non-hydrogen) atoms. The average molecular weight is 441 g/mol. The second-order valence-corrected chi connectivity index (χ2v) is 8.94. The maximum Gasteiger partial charge on any atom is 0.259 e. The molecule has 1 amide bonds. The number of nitrogens with one attached hydrogen (secondary N) is 1. The van der Waals surface area contributed by atoms with E-state index in [0.29, 0.717) is 18.2 Å². The predicted octanol–water partition coefficient (Wildman–Crippen LogP) is 3.34. The number of amides is 1. The average Bonchev–Trinajstić information content (AvgIpc) is 3.26. The van der Waals surface area contributed by atoms with E-state index in [1.165, 1.54) is 16.2 Å². The normalized spacial score (nSPS) is 16.3. The summed E-state index contributed by atoms with van der Waals surface area (Å²) in [5, 5.41) is 3.47. The monoisotopic (exact) mass is 440 g/mol. The molecule has 1 aliphatic heterocycles. The van der Waals surface area contributed by atoms with Gasteiger partial charge in [0.05, 0.1) is 0 Å². The molecule has 0 saturated carbocycles. The number of rotatable bonds is 8. The number of carbonyl (C=O) groups is 1. The lowest BCUT2D eigenvalue weighted by Gasteiger charge is -2.22. The molecule has 2 aromatic carbocycles. The maximum absolute atomic E-state index is 11.7. The zero-order valence-electron chi connectivity index (χ0n) is 18.6. The number of likely N-dealkylation sites (N-methyl/N-ethyl adjacent to an activating group) is 1. The standard InChI is InChI=1S/C24H32N4O2S/c1-25-24(28-13-12-20(16-28)18-31-22-10-5-4-6-11-22)26-15-19-8-7-9-21(14-19)30-17-23(29)27(2)3/h4-11,14,20H,12-13,15-18H2,1-3H3,(H,25,26). The van der Waals surface area contributed by atoms with Crippen LogP contribution in [0.5, 0.6) is 5.75 Å². The Hall–Kier alpha value is -2.67. The Labute approximate surface area is 189 Å². The zero-order valence-corrected chi connectivity index (χ0v) is 19.4. The first-order valence-electron chi connectivity index (χ1n) is 10.6. The summed E-state index contributed by atoms with van der Waals surface area (Å²) in [5.74, 6) is 3.36. The minimum atomic E-state index is -0.0575. The first kappa shape index (κ1) is 23.0. The number of benzene rings is 2. The van der Waals surface area contributed by atoms with E-state index in [1.54, 1.807) is 14.1 Å². The first-order valence-corrected chi connectivity index (χ1v) is 11.6. The van der Waals surface area contributed by atoms with Crippen LogP contribution in [0.3, 0.4) is 0 Å². The molecule has 0 radical (unpaired) electrons. The lowest BCUT2D eigenvalue weighted by Crippen LogP contribution is -2.39. The Bertz CT molecular complexity index is 873. The second-order valence-electron chi connectivity index (χ2n) is 7.85. The van der Waals surface area contributed by atoms with Gasteiger partial charge in [0.25, 0.3) is 5.91 Å². The van der Waals surface area contributed by atoms with E-state index < -0.39 is 0 Å². The predicted molar refractivity (Wildman–Crippen MR) is 128 cm³/mol. The molecule has 0 spiro atoms. The van der Waals surface area contributed by atoms with Crippen molar-refractivity contribution in [3.63, 3.8) is 0 Å². The number of hydrogen-bond donors (Lipinski definition) is 1. The third kappa shape index (κ3) is 7.21. The minimum absolute atomic E-state index is 0.0434. The molecular formula is C24H32N4O2S. The fraction of sp³-hybridized carbons (Fsp3) is 0.417. The van der Waals surface area contributed by atoms with E-state index in [0.717, 1.165) is 30.4 Å². The number of likely N-dealkylation sites (tertiary alicyclic amines) is 1. The number of aliphatic imine (C=N–C) groups is 1. The summed E-state index contributed by atoms with van der Waals surface area (Å²) in [4.78, 5) is 21.4. The molecule has 0 aromatic heterocycles. The molecule has 1 heterocycles. The lowest BCUT2D eigenvalue weighted by molar-refractivity contribution is -0.130. The van der Waals surface area contributed by atoms with Crippen LogP contribution in [-0.2, 0) is 11.3 Å². The van der Waals surface area contributed by atoms with Crippen molar-refractivity contribution in [1.29, 1.82) is 0 Å². The third-order valence-corrected chi connectivity index (χ3v) is 6.48. The van der Waals surface area contributed by atoms with Gasteiger partial charge in [-0.3, -0.25) is 9.79 Å².